The van der Waals surface area contributed by atoms with Gasteiger partial charge in [-0.1, -0.05) is 0 Å². The topological polar surface area (TPSA) is 63.0 Å². The Bertz CT molecular complexity index is 486. The van der Waals surface area contributed by atoms with Gasteiger partial charge in [0.25, 0.3) is 6.43 Å². The van der Waals surface area contributed by atoms with Crippen molar-refractivity contribution in [2.75, 3.05) is 7.11 Å². The third-order valence-corrected chi connectivity index (χ3v) is 2.25. The summed E-state index contributed by atoms with van der Waals surface area (Å²) in [6, 6.07) is 2.44. The number of hydrogen-bond acceptors (Lipinski definition) is 4. The van der Waals surface area contributed by atoms with Crippen molar-refractivity contribution in [3.63, 3.8) is 0 Å². The van der Waals surface area contributed by atoms with Crippen LogP contribution in [0.15, 0.2) is 6.07 Å². The minimum atomic E-state index is -2.89. The lowest BCUT2D eigenvalue weighted by Crippen LogP contribution is -2.10. The van der Waals surface area contributed by atoms with Gasteiger partial charge < -0.3 is 4.74 Å². The SMILES string of the molecule is COC(=O)c1cc(C(F)F)c(C#N)c(CCl)n1. The maximum atomic E-state index is 12.7. The van der Waals surface area contributed by atoms with E-state index < -0.39 is 18.0 Å². The quantitative estimate of drug-likeness (QED) is 0.618. The summed E-state index contributed by atoms with van der Waals surface area (Å²) >= 11 is 5.50. The first kappa shape index (κ1) is 13.3. The van der Waals surface area contributed by atoms with Crippen LogP contribution in [-0.2, 0) is 10.6 Å². The molecule has 0 saturated carbocycles. The molecule has 0 amide bonds. The third kappa shape index (κ3) is 2.68. The van der Waals surface area contributed by atoms with E-state index in [1.165, 1.54) is 0 Å². The van der Waals surface area contributed by atoms with Crippen molar-refractivity contribution in [2.24, 2.45) is 0 Å². The standard InChI is InChI=1S/C10H7ClF2N2O2/c1-17-10(16)7-2-5(9(12)13)6(4-14)8(3-11)15-7/h2,9H,3H2,1H3. The number of ether oxygens (including phenoxy) is 1. The predicted octanol–water partition coefficient (Wildman–Crippen LogP) is 2.42. The zero-order valence-electron chi connectivity index (χ0n) is 8.71. The summed E-state index contributed by atoms with van der Waals surface area (Å²) in [5, 5.41) is 8.77. The summed E-state index contributed by atoms with van der Waals surface area (Å²) in [7, 11) is 1.10. The number of hydrogen-bond donors (Lipinski definition) is 0. The number of methoxy groups -OCH3 is 1. The summed E-state index contributed by atoms with van der Waals surface area (Å²) in [4.78, 5) is 14.9. The molecule has 0 radical (unpaired) electrons. The molecular formula is C10H7ClF2N2O2. The minimum absolute atomic E-state index is 0.0626. The van der Waals surface area contributed by atoms with E-state index in [9.17, 15) is 13.6 Å². The van der Waals surface area contributed by atoms with Crippen molar-refractivity contribution >= 4 is 17.6 Å². The van der Waals surface area contributed by atoms with Crippen LogP contribution < -0.4 is 0 Å². The van der Waals surface area contributed by atoms with Crippen LogP contribution in [0.5, 0.6) is 0 Å². The number of esters is 1. The van der Waals surface area contributed by atoms with Gasteiger partial charge >= 0.3 is 5.97 Å². The fourth-order valence-corrected chi connectivity index (χ4v) is 1.42. The maximum absolute atomic E-state index is 12.7. The van der Waals surface area contributed by atoms with Crippen LogP contribution in [0, 0.1) is 11.3 Å². The second-order valence-electron chi connectivity index (χ2n) is 2.96. The average Bonchev–Trinajstić information content (AvgIpc) is 2.35. The Labute approximate surface area is 101 Å². The third-order valence-electron chi connectivity index (χ3n) is 1.99. The van der Waals surface area contributed by atoms with Crippen molar-refractivity contribution in [1.29, 1.82) is 5.26 Å². The van der Waals surface area contributed by atoms with Crippen LogP contribution in [0.3, 0.4) is 0 Å². The molecule has 0 unspecified atom stereocenters. The molecule has 0 aliphatic heterocycles. The summed E-state index contributed by atoms with van der Waals surface area (Å²) in [6.45, 7) is 0. The van der Waals surface area contributed by atoms with Crippen LogP contribution in [0.2, 0.25) is 0 Å². The molecule has 1 aromatic heterocycles. The highest BCUT2D eigenvalue weighted by Crippen LogP contribution is 2.26. The molecule has 0 atom stereocenters. The molecule has 4 nitrogen and oxygen atoms in total. The lowest BCUT2D eigenvalue weighted by atomic mass is 10.1. The van der Waals surface area contributed by atoms with Crippen molar-refractivity contribution in [1.82, 2.24) is 4.98 Å². The molecule has 0 bridgehead atoms. The predicted molar refractivity (Wildman–Crippen MR) is 54.8 cm³/mol. The number of halogens is 3. The van der Waals surface area contributed by atoms with E-state index in [4.69, 9.17) is 16.9 Å². The van der Waals surface area contributed by atoms with Gasteiger partial charge in [0.15, 0.2) is 0 Å². The van der Waals surface area contributed by atoms with Crippen molar-refractivity contribution in [3.05, 3.63) is 28.6 Å². The van der Waals surface area contributed by atoms with Crippen LogP contribution in [0.1, 0.15) is 33.7 Å². The number of nitrogens with zero attached hydrogens (tertiary/aromatic N) is 2. The second-order valence-corrected chi connectivity index (χ2v) is 3.22. The van der Waals surface area contributed by atoms with Gasteiger partial charge in [-0.3, -0.25) is 0 Å². The van der Waals surface area contributed by atoms with E-state index in [0.29, 0.717) is 0 Å². The van der Waals surface area contributed by atoms with Gasteiger partial charge in [0.1, 0.15) is 11.8 Å². The highest BCUT2D eigenvalue weighted by molar-refractivity contribution is 6.17. The Morgan fingerprint density at radius 3 is 2.76 bits per heavy atom. The molecule has 0 aromatic carbocycles. The molecule has 0 saturated heterocycles. The molecule has 1 aromatic rings. The van der Waals surface area contributed by atoms with Gasteiger partial charge in [0, 0.05) is 5.56 Å². The zero-order valence-corrected chi connectivity index (χ0v) is 9.46. The van der Waals surface area contributed by atoms with Crippen molar-refractivity contribution in [2.45, 2.75) is 12.3 Å². The number of aromatic nitrogens is 1. The second kappa shape index (κ2) is 5.55. The Hall–Kier alpha value is -1.74. The van der Waals surface area contributed by atoms with Gasteiger partial charge in [-0.25, -0.2) is 18.6 Å². The zero-order chi connectivity index (χ0) is 13.0. The number of alkyl halides is 3. The number of rotatable bonds is 3. The molecule has 7 heteroatoms. The highest BCUT2D eigenvalue weighted by atomic mass is 35.5. The summed E-state index contributed by atoms with van der Waals surface area (Å²) in [6.07, 6.45) is -2.89. The monoisotopic (exact) mass is 260 g/mol. The molecule has 1 rings (SSSR count). The van der Waals surface area contributed by atoms with Crippen molar-refractivity contribution < 1.29 is 18.3 Å². The maximum Gasteiger partial charge on any atom is 0.356 e. The fourth-order valence-electron chi connectivity index (χ4n) is 1.23. The Morgan fingerprint density at radius 1 is 1.71 bits per heavy atom. The van der Waals surface area contributed by atoms with Crippen LogP contribution in [-0.4, -0.2) is 18.1 Å². The lowest BCUT2D eigenvalue weighted by Gasteiger charge is -2.08. The van der Waals surface area contributed by atoms with E-state index >= 15 is 0 Å². The Morgan fingerprint density at radius 2 is 2.35 bits per heavy atom. The smallest absolute Gasteiger partial charge is 0.356 e. The van der Waals surface area contributed by atoms with Gasteiger partial charge in [-0.15, -0.1) is 11.6 Å². The van der Waals surface area contributed by atoms with E-state index in [2.05, 4.69) is 9.72 Å². The Balaban J connectivity index is 3.47. The van der Waals surface area contributed by atoms with Gasteiger partial charge in [-0.05, 0) is 6.07 Å². The first-order valence-electron chi connectivity index (χ1n) is 4.41. The summed E-state index contributed by atoms with van der Waals surface area (Å²) in [5.74, 6) is -1.10. The van der Waals surface area contributed by atoms with Crippen LogP contribution in [0.4, 0.5) is 8.78 Å². The average molecular weight is 261 g/mol. The van der Waals surface area contributed by atoms with Gasteiger partial charge in [-0.2, -0.15) is 5.26 Å². The van der Waals surface area contributed by atoms with Crippen LogP contribution in [0.25, 0.3) is 0 Å². The highest BCUT2D eigenvalue weighted by Gasteiger charge is 2.21. The van der Waals surface area contributed by atoms with E-state index in [1.54, 1.807) is 6.07 Å². The first-order chi connectivity index (χ1) is 8.04. The normalized spacial score (nSPS) is 10.1. The largest absolute Gasteiger partial charge is 0.464 e. The number of carbonyl (C=O) groups excluding carboxylic acids is 1. The van der Waals surface area contributed by atoms with Crippen molar-refractivity contribution in [3.8, 4) is 6.07 Å². The molecule has 0 N–H and O–H groups in total. The molecule has 17 heavy (non-hydrogen) atoms. The molecule has 1 heterocycles. The van der Waals surface area contributed by atoms with Gasteiger partial charge in [0.05, 0.1) is 24.2 Å². The fraction of sp³-hybridized carbons (Fsp3) is 0.300. The number of pyridine rings is 1. The molecule has 0 aliphatic rings. The first-order valence-corrected chi connectivity index (χ1v) is 4.95. The van der Waals surface area contributed by atoms with E-state index in [-0.39, 0.29) is 22.8 Å². The molecule has 0 spiro atoms. The summed E-state index contributed by atoms with van der Waals surface area (Å²) in [5.41, 5.74) is -1.23. The van der Waals surface area contributed by atoms with E-state index in [0.717, 1.165) is 13.2 Å². The molecule has 0 fully saturated rings. The molecule has 0 aliphatic carbocycles. The van der Waals surface area contributed by atoms with Crippen LogP contribution >= 0.6 is 11.6 Å². The minimum Gasteiger partial charge on any atom is -0.464 e. The van der Waals surface area contributed by atoms with E-state index in [1.807, 2.05) is 0 Å². The number of carbonyl (C=O) groups is 1. The summed E-state index contributed by atoms with van der Waals surface area (Å²) < 4.78 is 29.8. The Kier molecular flexibility index (Phi) is 4.35. The number of nitriles is 1. The molecular weight excluding hydrogens is 254 g/mol. The lowest BCUT2D eigenvalue weighted by molar-refractivity contribution is 0.0593. The molecule has 90 valence electrons. The van der Waals surface area contributed by atoms with Gasteiger partial charge in [0.2, 0.25) is 0 Å².